The minimum absolute atomic E-state index is 0.107. The molecular weight excluding hydrogens is 362 g/mol. The Balaban J connectivity index is 1.70. The third-order valence-electron chi connectivity index (χ3n) is 3.32. The fourth-order valence-electron chi connectivity index (χ4n) is 2.12. The van der Waals surface area contributed by atoms with Crippen LogP contribution in [0.15, 0.2) is 40.9 Å². The first-order valence-corrected chi connectivity index (χ1v) is 7.72. The SMILES string of the molecule is N#Cc1ccc(C(=O)OCc2cc3c(cc2Br)OCCO3)cc1. The Morgan fingerprint density at radius 1 is 1.17 bits per heavy atom. The molecule has 2 aromatic carbocycles. The van der Waals surface area contributed by atoms with E-state index in [0.29, 0.717) is 35.8 Å². The number of halogens is 1. The third kappa shape index (κ3) is 3.46. The third-order valence-corrected chi connectivity index (χ3v) is 4.06. The second-order valence-corrected chi connectivity index (χ2v) is 5.71. The van der Waals surface area contributed by atoms with Crippen LogP contribution < -0.4 is 9.47 Å². The highest BCUT2D eigenvalue weighted by Crippen LogP contribution is 2.35. The normalized spacial score (nSPS) is 12.3. The molecule has 0 fully saturated rings. The van der Waals surface area contributed by atoms with Crippen molar-refractivity contribution in [1.82, 2.24) is 0 Å². The van der Waals surface area contributed by atoms with Crippen LogP contribution >= 0.6 is 15.9 Å². The van der Waals surface area contributed by atoms with Gasteiger partial charge in [-0.3, -0.25) is 0 Å². The summed E-state index contributed by atoms with van der Waals surface area (Å²) in [6, 6.07) is 11.9. The second kappa shape index (κ2) is 6.71. The van der Waals surface area contributed by atoms with E-state index in [4.69, 9.17) is 19.5 Å². The molecule has 0 atom stereocenters. The van der Waals surface area contributed by atoms with Gasteiger partial charge in [-0.1, -0.05) is 15.9 Å². The topological polar surface area (TPSA) is 68.6 Å². The summed E-state index contributed by atoms with van der Waals surface area (Å²) < 4.78 is 17.1. The summed E-state index contributed by atoms with van der Waals surface area (Å²) in [7, 11) is 0. The van der Waals surface area contributed by atoms with Gasteiger partial charge < -0.3 is 14.2 Å². The molecule has 1 heterocycles. The summed E-state index contributed by atoms with van der Waals surface area (Å²) in [6.07, 6.45) is 0. The van der Waals surface area contributed by atoms with Crippen molar-refractivity contribution in [3.8, 4) is 17.6 Å². The quantitative estimate of drug-likeness (QED) is 0.770. The maximum absolute atomic E-state index is 12.0. The molecule has 0 unspecified atom stereocenters. The van der Waals surface area contributed by atoms with E-state index in [2.05, 4.69) is 15.9 Å². The predicted octanol–water partition coefficient (Wildman–Crippen LogP) is 3.45. The molecule has 0 bridgehead atoms. The molecule has 5 nitrogen and oxygen atoms in total. The first kappa shape index (κ1) is 15.4. The van der Waals surface area contributed by atoms with Crippen molar-refractivity contribution in [3.63, 3.8) is 0 Å². The summed E-state index contributed by atoms with van der Waals surface area (Å²) in [6.45, 7) is 1.13. The van der Waals surface area contributed by atoms with Crippen LogP contribution in [0.2, 0.25) is 0 Å². The fourth-order valence-corrected chi connectivity index (χ4v) is 2.56. The molecule has 0 aromatic heterocycles. The van der Waals surface area contributed by atoms with Crippen LogP contribution in [-0.4, -0.2) is 19.2 Å². The molecule has 0 amide bonds. The standard InChI is InChI=1S/C17H12BrNO4/c18-14-8-16-15(21-5-6-22-16)7-13(14)10-23-17(20)12-3-1-11(9-19)2-4-12/h1-4,7-8H,5-6,10H2. The lowest BCUT2D eigenvalue weighted by molar-refractivity contribution is 0.0471. The van der Waals surface area contributed by atoms with Gasteiger partial charge in [0.1, 0.15) is 19.8 Å². The number of rotatable bonds is 3. The molecule has 6 heteroatoms. The predicted molar refractivity (Wildman–Crippen MR) is 85.4 cm³/mol. The number of hydrogen-bond donors (Lipinski definition) is 0. The Morgan fingerprint density at radius 2 is 1.83 bits per heavy atom. The fraction of sp³-hybridized carbons (Fsp3) is 0.176. The number of ether oxygens (including phenoxy) is 3. The molecule has 116 valence electrons. The number of hydrogen-bond acceptors (Lipinski definition) is 5. The van der Waals surface area contributed by atoms with Crippen molar-refractivity contribution >= 4 is 21.9 Å². The zero-order valence-corrected chi connectivity index (χ0v) is 13.6. The Bertz CT molecular complexity index is 780. The van der Waals surface area contributed by atoms with Gasteiger partial charge in [-0.15, -0.1) is 0 Å². The van der Waals surface area contributed by atoms with Gasteiger partial charge in [0.2, 0.25) is 0 Å². The minimum Gasteiger partial charge on any atom is -0.486 e. The smallest absolute Gasteiger partial charge is 0.338 e. The van der Waals surface area contributed by atoms with Gasteiger partial charge in [-0.2, -0.15) is 5.26 Å². The molecule has 0 N–H and O–H groups in total. The average Bonchev–Trinajstić information content (AvgIpc) is 2.59. The van der Waals surface area contributed by atoms with E-state index in [1.807, 2.05) is 6.07 Å². The van der Waals surface area contributed by atoms with Gasteiger partial charge in [0.25, 0.3) is 0 Å². The number of esters is 1. The molecule has 2 aromatic rings. The number of carbonyl (C=O) groups is 1. The molecule has 0 saturated heterocycles. The second-order valence-electron chi connectivity index (χ2n) is 4.85. The molecule has 1 aliphatic heterocycles. The molecule has 0 aliphatic carbocycles. The van der Waals surface area contributed by atoms with E-state index in [9.17, 15) is 4.79 Å². The van der Waals surface area contributed by atoms with Gasteiger partial charge in [-0.05, 0) is 36.4 Å². The lowest BCUT2D eigenvalue weighted by Gasteiger charge is -2.19. The van der Waals surface area contributed by atoms with Gasteiger partial charge in [0.15, 0.2) is 11.5 Å². The zero-order valence-electron chi connectivity index (χ0n) is 12.0. The van der Waals surface area contributed by atoms with Crippen LogP contribution in [0.5, 0.6) is 11.5 Å². The van der Waals surface area contributed by atoms with Crippen LogP contribution in [0.3, 0.4) is 0 Å². The van der Waals surface area contributed by atoms with Crippen molar-refractivity contribution in [2.45, 2.75) is 6.61 Å². The average molecular weight is 374 g/mol. The van der Waals surface area contributed by atoms with Crippen molar-refractivity contribution < 1.29 is 19.0 Å². The molecular formula is C17H12BrNO4. The maximum atomic E-state index is 12.0. The molecule has 1 aliphatic rings. The van der Waals surface area contributed by atoms with Crippen LogP contribution in [-0.2, 0) is 11.3 Å². The van der Waals surface area contributed by atoms with Crippen molar-refractivity contribution in [3.05, 3.63) is 57.6 Å². The first-order chi connectivity index (χ1) is 11.2. The highest BCUT2D eigenvalue weighted by atomic mass is 79.9. The highest BCUT2D eigenvalue weighted by Gasteiger charge is 2.16. The van der Waals surface area contributed by atoms with Gasteiger partial charge in [-0.25, -0.2) is 4.79 Å². The van der Waals surface area contributed by atoms with E-state index in [0.717, 1.165) is 10.0 Å². The molecule has 0 saturated carbocycles. The summed E-state index contributed by atoms with van der Waals surface area (Å²) in [5, 5.41) is 8.75. The van der Waals surface area contributed by atoms with Crippen LogP contribution in [0.25, 0.3) is 0 Å². The van der Waals surface area contributed by atoms with Gasteiger partial charge in [0, 0.05) is 10.0 Å². The van der Waals surface area contributed by atoms with Crippen molar-refractivity contribution in [1.29, 1.82) is 5.26 Å². The lowest BCUT2D eigenvalue weighted by atomic mass is 10.1. The molecule has 0 radical (unpaired) electrons. The van der Waals surface area contributed by atoms with E-state index in [1.54, 1.807) is 36.4 Å². The number of fused-ring (bicyclic) bond motifs is 1. The van der Waals surface area contributed by atoms with Crippen molar-refractivity contribution in [2.75, 3.05) is 13.2 Å². The van der Waals surface area contributed by atoms with Crippen LogP contribution in [0.4, 0.5) is 0 Å². The van der Waals surface area contributed by atoms with E-state index in [1.165, 1.54) is 0 Å². The maximum Gasteiger partial charge on any atom is 0.338 e. The van der Waals surface area contributed by atoms with E-state index < -0.39 is 5.97 Å². The Hall–Kier alpha value is -2.52. The van der Waals surface area contributed by atoms with Crippen molar-refractivity contribution in [2.24, 2.45) is 0 Å². The molecule has 0 spiro atoms. The number of nitrogens with zero attached hydrogens (tertiary/aromatic N) is 1. The first-order valence-electron chi connectivity index (χ1n) is 6.92. The summed E-state index contributed by atoms with van der Waals surface area (Å²) in [5.74, 6) is 0.866. The summed E-state index contributed by atoms with van der Waals surface area (Å²) in [4.78, 5) is 12.0. The van der Waals surface area contributed by atoms with Crippen LogP contribution in [0, 0.1) is 11.3 Å². The number of nitriles is 1. The lowest BCUT2D eigenvalue weighted by Crippen LogP contribution is -2.15. The minimum atomic E-state index is -0.448. The van der Waals surface area contributed by atoms with E-state index >= 15 is 0 Å². The molecule has 23 heavy (non-hydrogen) atoms. The largest absolute Gasteiger partial charge is 0.486 e. The molecule has 3 rings (SSSR count). The highest BCUT2D eigenvalue weighted by molar-refractivity contribution is 9.10. The summed E-state index contributed by atoms with van der Waals surface area (Å²) in [5.41, 5.74) is 1.69. The summed E-state index contributed by atoms with van der Waals surface area (Å²) >= 11 is 3.44. The van der Waals surface area contributed by atoms with Gasteiger partial charge >= 0.3 is 5.97 Å². The number of carbonyl (C=O) groups excluding carboxylic acids is 1. The zero-order chi connectivity index (χ0) is 16.2. The Labute approximate surface area is 141 Å². The Morgan fingerprint density at radius 3 is 2.48 bits per heavy atom. The Kier molecular flexibility index (Phi) is 4.49. The van der Waals surface area contributed by atoms with Gasteiger partial charge in [0.05, 0.1) is 17.2 Å². The number of benzene rings is 2. The van der Waals surface area contributed by atoms with Crippen LogP contribution in [0.1, 0.15) is 21.5 Å². The van der Waals surface area contributed by atoms with E-state index in [-0.39, 0.29) is 6.61 Å². The monoisotopic (exact) mass is 373 g/mol.